The van der Waals surface area contributed by atoms with E-state index in [9.17, 15) is 18.5 Å². The van der Waals surface area contributed by atoms with Crippen LogP contribution in [-0.4, -0.2) is 29.3 Å². The van der Waals surface area contributed by atoms with Gasteiger partial charge in [0.05, 0.1) is 27.8 Å². The van der Waals surface area contributed by atoms with Crippen LogP contribution in [0.3, 0.4) is 0 Å². The summed E-state index contributed by atoms with van der Waals surface area (Å²) in [4.78, 5) is 10.4. The maximum atomic E-state index is 12.1. The molecule has 0 fully saturated rings. The summed E-state index contributed by atoms with van der Waals surface area (Å²) in [5.74, 6) is -0.248. The van der Waals surface area contributed by atoms with Crippen molar-refractivity contribution in [3.63, 3.8) is 0 Å². The third-order valence-electron chi connectivity index (χ3n) is 3.21. The maximum Gasteiger partial charge on any atom is 0.272 e. The lowest BCUT2D eigenvalue weighted by Gasteiger charge is -2.08. The number of para-hydroxylation sites is 1. The highest BCUT2D eigenvalue weighted by Gasteiger charge is 2.18. The number of benzene rings is 1. The minimum Gasteiger partial charge on any atom is -0.280 e. The number of aromatic nitrogens is 2. The van der Waals surface area contributed by atoms with E-state index in [0.29, 0.717) is 22.6 Å². The molecule has 0 saturated carbocycles. The highest BCUT2D eigenvalue weighted by molar-refractivity contribution is 7.92. The van der Waals surface area contributed by atoms with E-state index in [-0.39, 0.29) is 17.9 Å². The number of anilines is 1. The summed E-state index contributed by atoms with van der Waals surface area (Å²) in [6, 6.07) is 6.11. The van der Waals surface area contributed by atoms with Gasteiger partial charge in [0.25, 0.3) is 5.69 Å². The van der Waals surface area contributed by atoms with Gasteiger partial charge in [0.1, 0.15) is 0 Å². The van der Waals surface area contributed by atoms with Crippen LogP contribution < -0.4 is 4.72 Å². The number of hydrogen-bond donors (Lipinski definition) is 2. The molecule has 0 atom stereocenters. The van der Waals surface area contributed by atoms with Crippen LogP contribution in [0.4, 0.5) is 11.4 Å². The van der Waals surface area contributed by atoms with E-state index in [0.717, 1.165) is 0 Å². The zero-order chi connectivity index (χ0) is 16.3. The van der Waals surface area contributed by atoms with Gasteiger partial charge in [-0.3, -0.25) is 19.9 Å². The highest BCUT2D eigenvalue weighted by Crippen LogP contribution is 2.21. The average molecular weight is 324 g/mol. The molecule has 0 spiro atoms. The number of sulfonamides is 1. The molecule has 2 aromatic rings. The number of rotatable bonds is 6. The minimum atomic E-state index is -3.62. The lowest BCUT2D eigenvalue weighted by atomic mass is 10.1. The molecule has 22 heavy (non-hydrogen) atoms. The predicted molar refractivity (Wildman–Crippen MR) is 82.3 cm³/mol. The van der Waals surface area contributed by atoms with Crippen molar-refractivity contribution in [2.75, 3.05) is 10.5 Å². The Morgan fingerprint density at radius 3 is 2.59 bits per heavy atom. The number of nitrogens with zero attached hydrogens (tertiary/aromatic N) is 2. The number of H-pyrrole nitrogens is 1. The number of hydrogen-bond acceptors (Lipinski definition) is 5. The van der Waals surface area contributed by atoms with Crippen molar-refractivity contribution in [2.45, 2.75) is 20.3 Å². The molecule has 0 aliphatic heterocycles. The third-order valence-corrected chi connectivity index (χ3v) is 4.47. The summed E-state index contributed by atoms with van der Waals surface area (Å²) in [7, 11) is -3.62. The van der Waals surface area contributed by atoms with Crippen molar-refractivity contribution in [2.24, 2.45) is 0 Å². The van der Waals surface area contributed by atoms with Crippen LogP contribution in [0.5, 0.6) is 0 Å². The molecule has 0 amide bonds. The summed E-state index contributed by atoms with van der Waals surface area (Å²) in [6.07, 6.45) is 0.0580. The largest absolute Gasteiger partial charge is 0.280 e. The zero-order valence-electron chi connectivity index (χ0n) is 12.2. The van der Waals surface area contributed by atoms with Gasteiger partial charge in [-0.15, -0.1) is 0 Å². The number of nitro groups is 1. The van der Waals surface area contributed by atoms with E-state index in [1.165, 1.54) is 6.07 Å². The summed E-state index contributed by atoms with van der Waals surface area (Å²) < 4.78 is 26.7. The number of nitrogens with one attached hydrogen (secondary N) is 2. The fraction of sp³-hybridized carbons (Fsp3) is 0.308. The quantitative estimate of drug-likeness (QED) is 0.621. The molecule has 1 heterocycles. The summed E-state index contributed by atoms with van der Waals surface area (Å²) >= 11 is 0. The van der Waals surface area contributed by atoms with Gasteiger partial charge in [-0.2, -0.15) is 5.10 Å². The van der Waals surface area contributed by atoms with Gasteiger partial charge in [0, 0.05) is 11.6 Å². The second-order valence-electron chi connectivity index (χ2n) is 4.87. The third kappa shape index (κ3) is 3.61. The lowest BCUT2D eigenvalue weighted by molar-refractivity contribution is -0.385. The van der Waals surface area contributed by atoms with E-state index in [2.05, 4.69) is 14.9 Å². The Bertz CT molecular complexity index is 779. The molecule has 0 aliphatic carbocycles. The molecule has 9 heteroatoms. The normalized spacial score (nSPS) is 11.4. The standard InChI is InChI=1S/C13H16N4O4S/c1-9-13(10(2)15-14-9)16-22(20,21)8-7-11-5-3-4-6-12(11)17(18)19/h3-6,16H,7-8H2,1-2H3,(H,14,15). The Hall–Kier alpha value is -2.42. The van der Waals surface area contributed by atoms with Crippen molar-refractivity contribution >= 4 is 21.4 Å². The van der Waals surface area contributed by atoms with Gasteiger partial charge >= 0.3 is 0 Å². The number of aromatic amines is 1. The summed E-state index contributed by atoms with van der Waals surface area (Å²) in [5.41, 5.74) is 1.90. The molecule has 0 radical (unpaired) electrons. The molecule has 118 valence electrons. The van der Waals surface area contributed by atoms with Crippen LogP contribution >= 0.6 is 0 Å². The van der Waals surface area contributed by atoms with Crippen LogP contribution in [0.1, 0.15) is 17.0 Å². The fourth-order valence-corrected chi connectivity index (χ4v) is 3.25. The monoisotopic (exact) mass is 324 g/mol. The number of nitro benzene ring substituents is 1. The van der Waals surface area contributed by atoms with Crippen LogP contribution in [0, 0.1) is 24.0 Å². The average Bonchev–Trinajstić information content (AvgIpc) is 2.77. The molecule has 1 aromatic heterocycles. The van der Waals surface area contributed by atoms with E-state index in [4.69, 9.17) is 0 Å². The van der Waals surface area contributed by atoms with Crippen LogP contribution in [0.2, 0.25) is 0 Å². The maximum absolute atomic E-state index is 12.1. The van der Waals surface area contributed by atoms with E-state index < -0.39 is 14.9 Å². The SMILES string of the molecule is Cc1n[nH]c(C)c1NS(=O)(=O)CCc1ccccc1[N+](=O)[O-]. The zero-order valence-corrected chi connectivity index (χ0v) is 13.0. The van der Waals surface area contributed by atoms with Gasteiger partial charge in [-0.1, -0.05) is 18.2 Å². The Kier molecular flexibility index (Phi) is 4.45. The Labute approximate surface area is 127 Å². The second-order valence-corrected chi connectivity index (χ2v) is 6.71. The fourth-order valence-electron chi connectivity index (χ4n) is 2.05. The molecule has 2 N–H and O–H groups in total. The molecule has 2 rings (SSSR count). The first-order valence-electron chi connectivity index (χ1n) is 6.54. The van der Waals surface area contributed by atoms with Crippen molar-refractivity contribution < 1.29 is 13.3 Å². The predicted octanol–water partition coefficient (Wildman–Crippen LogP) is 1.92. The molecule has 8 nitrogen and oxygen atoms in total. The minimum absolute atomic E-state index is 0.0580. The van der Waals surface area contributed by atoms with E-state index >= 15 is 0 Å². The smallest absolute Gasteiger partial charge is 0.272 e. The van der Waals surface area contributed by atoms with Gasteiger partial charge in [0.15, 0.2) is 0 Å². The topological polar surface area (TPSA) is 118 Å². The Morgan fingerprint density at radius 1 is 1.32 bits per heavy atom. The van der Waals surface area contributed by atoms with E-state index in [1.807, 2.05) is 0 Å². The lowest BCUT2D eigenvalue weighted by Crippen LogP contribution is -2.19. The molecule has 0 aliphatic rings. The second kappa shape index (κ2) is 6.14. The van der Waals surface area contributed by atoms with E-state index in [1.54, 1.807) is 32.0 Å². The first-order chi connectivity index (χ1) is 10.3. The molecule has 0 saturated heterocycles. The van der Waals surface area contributed by atoms with Gasteiger partial charge in [-0.25, -0.2) is 8.42 Å². The van der Waals surface area contributed by atoms with Gasteiger partial charge in [-0.05, 0) is 20.3 Å². The number of aryl methyl sites for hydroxylation is 3. The van der Waals surface area contributed by atoms with Crippen molar-refractivity contribution in [3.8, 4) is 0 Å². The highest BCUT2D eigenvalue weighted by atomic mass is 32.2. The van der Waals surface area contributed by atoms with Crippen molar-refractivity contribution in [1.29, 1.82) is 0 Å². The molecule has 0 unspecified atom stereocenters. The van der Waals surface area contributed by atoms with Gasteiger partial charge in [0.2, 0.25) is 10.0 Å². The Balaban J connectivity index is 2.13. The Morgan fingerprint density at radius 2 is 2.00 bits per heavy atom. The first-order valence-corrected chi connectivity index (χ1v) is 8.20. The summed E-state index contributed by atoms with van der Waals surface area (Å²) in [6.45, 7) is 3.39. The molecular weight excluding hydrogens is 308 g/mol. The first kappa shape index (κ1) is 16.0. The molecule has 1 aromatic carbocycles. The van der Waals surface area contributed by atoms with Crippen LogP contribution in [0.25, 0.3) is 0 Å². The van der Waals surface area contributed by atoms with Crippen LogP contribution in [-0.2, 0) is 16.4 Å². The van der Waals surface area contributed by atoms with Crippen molar-refractivity contribution in [3.05, 3.63) is 51.3 Å². The summed E-state index contributed by atoms with van der Waals surface area (Å²) in [5, 5.41) is 17.5. The van der Waals surface area contributed by atoms with Crippen LogP contribution in [0.15, 0.2) is 24.3 Å². The van der Waals surface area contributed by atoms with Gasteiger partial charge < -0.3 is 0 Å². The van der Waals surface area contributed by atoms with Crippen molar-refractivity contribution in [1.82, 2.24) is 10.2 Å². The molecule has 0 bridgehead atoms. The molecular formula is C13H16N4O4S.